The van der Waals surface area contributed by atoms with Crippen LogP contribution in [0.25, 0.3) is 10.9 Å². The van der Waals surface area contributed by atoms with Gasteiger partial charge in [-0.25, -0.2) is 0 Å². The Labute approximate surface area is 125 Å². The molecule has 0 bridgehead atoms. The third kappa shape index (κ3) is 2.81. The van der Waals surface area contributed by atoms with Gasteiger partial charge in [0.25, 0.3) is 5.91 Å². The number of H-pyrrole nitrogens is 1. The summed E-state index contributed by atoms with van der Waals surface area (Å²) in [6.07, 6.45) is 4.17. The second-order valence-corrected chi connectivity index (χ2v) is 5.94. The van der Waals surface area contributed by atoms with Crippen molar-refractivity contribution in [1.82, 2.24) is 9.88 Å². The number of nitrogens with one attached hydrogen (secondary N) is 1. The molecule has 112 valence electrons. The summed E-state index contributed by atoms with van der Waals surface area (Å²) < 4.78 is 0. The first-order chi connectivity index (χ1) is 10.2. The molecular formula is C17H23N3O. The topological polar surface area (TPSA) is 62.1 Å². The van der Waals surface area contributed by atoms with Gasteiger partial charge in [-0.15, -0.1) is 0 Å². The number of hydrogen-bond acceptors (Lipinski definition) is 2. The second kappa shape index (κ2) is 5.90. The number of rotatable bonds is 3. The Morgan fingerprint density at radius 1 is 1.38 bits per heavy atom. The third-order valence-corrected chi connectivity index (χ3v) is 4.49. The van der Waals surface area contributed by atoms with Crippen molar-refractivity contribution in [3.63, 3.8) is 0 Å². The van der Waals surface area contributed by atoms with Crippen molar-refractivity contribution >= 4 is 16.8 Å². The lowest BCUT2D eigenvalue weighted by Crippen LogP contribution is -2.45. The number of aromatic nitrogens is 1. The molecule has 4 nitrogen and oxygen atoms in total. The fourth-order valence-corrected chi connectivity index (χ4v) is 3.39. The van der Waals surface area contributed by atoms with Crippen molar-refractivity contribution in [2.24, 2.45) is 5.73 Å². The van der Waals surface area contributed by atoms with Gasteiger partial charge in [0.15, 0.2) is 0 Å². The molecule has 0 saturated heterocycles. The van der Waals surface area contributed by atoms with Gasteiger partial charge in [-0.1, -0.05) is 18.2 Å². The van der Waals surface area contributed by atoms with E-state index in [1.807, 2.05) is 42.2 Å². The van der Waals surface area contributed by atoms with Gasteiger partial charge in [0.2, 0.25) is 0 Å². The highest BCUT2D eigenvalue weighted by Gasteiger charge is 2.28. The molecule has 4 heteroatoms. The fourth-order valence-electron chi connectivity index (χ4n) is 3.39. The van der Waals surface area contributed by atoms with Crippen LogP contribution in [0.1, 0.15) is 43.1 Å². The Hall–Kier alpha value is -1.81. The van der Waals surface area contributed by atoms with E-state index in [1.54, 1.807) is 0 Å². The van der Waals surface area contributed by atoms with Crippen LogP contribution in [0.15, 0.2) is 30.3 Å². The van der Waals surface area contributed by atoms with Crippen molar-refractivity contribution in [2.75, 3.05) is 6.54 Å². The average molecular weight is 285 g/mol. The van der Waals surface area contributed by atoms with Gasteiger partial charge in [0.1, 0.15) is 5.69 Å². The van der Waals surface area contributed by atoms with Gasteiger partial charge in [-0.2, -0.15) is 0 Å². The lowest BCUT2D eigenvalue weighted by atomic mass is 9.90. The van der Waals surface area contributed by atoms with E-state index in [4.69, 9.17) is 5.73 Å². The molecule has 0 spiro atoms. The number of nitrogens with two attached hydrogens (primary N) is 1. The van der Waals surface area contributed by atoms with Crippen LogP contribution < -0.4 is 5.73 Å². The van der Waals surface area contributed by atoms with Crippen molar-refractivity contribution in [3.8, 4) is 0 Å². The van der Waals surface area contributed by atoms with Crippen LogP contribution in [0.2, 0.25) is 0 Å². The largest absolute Gasteiger partial charge is 0.351 e. The summed E-state index contributed by atoms with van der Waals surface area (Å²) in [5, 5.41) is 1.08. The number of fused-ring (bicyclic) bond motifs is 1. The van der Waals surface area contributed by atoms with Gasteiger partial charge >= 0.3 is 0 Å². The van der Waals surface area contributed by atoms with Crippen LogP contribution in [0.4, 0.5) is 0 Å². The van der Waals surface area contributed by atoms with Crippen LogP contribution in [-0.4, -0.2) is 34.4 Å². The highest BCUT2D eigenvalue weighted by atomic mass is 16.2. The minimum atomic E-state index is 0.0906. The maximum atomic E-state index is 12.8. The Kier molecular flexibility index (Phi) is 3.97. The molecule has 21 heavy (non-hydrogen) atoms. The molecule has 1 aliphatic rings. The quantitative estimate of drug-likeness (QED) is 0.911. The van der Waals surface area contributed by atoms with Gasteiger partial charge in [0, 0.05) is 29.5 Å². The lowest BCUT2D eigenvalue weighted by molar-refractivity contribution is 0.0633. The van der Waals surface area contributed by atoms with Gasteiger partial charge in [-0.3, -0.25) is 4.79 Å². The second-order valence-electron chi connectivity index (χ2n) is 5.94. The molecule has 1 amide bonds. The molecule has 1 heterocycles. The van der Waals surface area contributed by atoms with E-state index in [0.29, 0.717) is 5.69 Å². The van der Waals surface area contributed by atoms with E-state index in [0.717, 1.165) is 43.1 Å². The molecule has 0 aliphatic heterocycles. The first-order valence-corrected chi connectivity index (χ1v) is 7.83. The molecule has 2 atom stereocenters. The smallest absolute Gasteiger partial charge is 0.270 e. The zero-order chi connectivity index (χ0) is 14.8. The molecule has 2 aromatic rings. The van der Waals surface area contributed by atoms with E-state index in [9.17, 15) is 4.79 Å². The lowest BCUT2D eigenvalue weighted by Gasteiger charge is -2.35. The molecule has 1 saturated carbocycles. The first kappa shape index (κ1) is 14.1. The number of hydrogen-bond donors (Lipinski definition) is 2. The SMILES string of the molecule is CCN(C(=O)c1cc2ccccc2[nH]1)[C@H]1CCC[C@@H](N)C1. The van der Waals surface area contributed by atoms with Crippen molar-refractivity contribution in [3.05, 3.63) is 36.0 Å². The van der Waals surface area contributed by atoms with E-state index in [-0.39, 0.29) is 18.0 Å². The Bertz CT molecular complexity index is 601. The van der Waals surface area contributed by atoms with E-state index in [1.165, 1.54) is 0 Å². The standard InChI is InChI=1S/C17H23N3O/c1-2-20(14-8-5-7-13(18)11-14)17(21)16-10-12-6-3-4-9-15(12)19-16/h3-4,6,9-10,13-14,19H,2,5,7-8,11,18H2,1H3/t13-,14+/m1/s1. The first-order valence-electron chi connectivity index (χ1n) is 7.83. The van der Waals surface area contributed by atoms with Crippen LogP contribution in [0, 0.1) is 0 Å². The van der Waals surface area contributed by atoms with Crippen molar-refractivity contribution < 1.29 is 4.79 Å². The van der Waals surface area contributed by atoms with Crippen molar-refractivity contribution in [1.29, 1.82) is 0 Å². The third-order valence-electron chi connectivity index (χ3n) is 4.49. The highest BCUT2D eigenvalue weighted by molar-refractivity contribution is 5.98. The monoisotopic (exact) mass is 285 g/mol. The molecule has 3 rings (SSSR count). The summed E-state index contributed by atoms with van der Waals surface area (Å²) in [6.45, 7) is 2.77. The molecule has 0 radical (unpaired) electrons. The number of nitrogens with zero attached hydrogens (tertiary/aromatic N) is 1. The molecule has 1 fully saturated rings. The summed E-state index contributed by atoms with van der Waals surface area (Å²) in [6, 6.07) is 10.4. The highest BCUT2D eigenvalue weighted by Crippen LogP contribution is 2.24. The van der Waals surface area contributed by atoms with Crippen LogP contribution in [-0.2, 0) is 0 Å². The average Bonchev–Trinajstić information content (AvgIpc) is 2.92. The maximum absolute atomic E-state index is 12.8. The van der Waals surface area contributed by atoms with Crippen LogP contribution >= 0.6 is 0 Å². The molecule has 3 N–H and O–H groups in total. The van der Waals surface area contributed by atoms with E-state index < -0.39 is 0 Å². The predicted molar refractivity (Wildman–Crippen MR) is 85.2 cm³/mol. The van der Waals surface area contributed by atoms with Gasteiger partial charge < -0.3 is 15.6 Å². The summed E-state index contributed by atoms with van der Waals surface area (Å²) in [4.78, 5) is 18.0. The molecule has 1 aromatic carbocycles. The number of para-hydroxylation sites is 1. The zero-order valence-electron chi connectivity index (χ0n) is 12.5. The molecule has 1 aliphatic carbocycles. The number of benzene rings is 1. The van der Waals surface area contributed by atoms with E-state index >= 15 is 0 Å². The number of aromatic amines is 1. The summed E-state index contributed by atoms with van der Waals surface area (Å²) >= 11 is 0. The number of carbonyl (C=O) groups excluding carboxylic acids is 1. The van der Waals surface area contributed by atoms with E-state index in [2.05, 4.69) is 4.98 Å². The Balaban J connectivity index is 1.84. The van der Waals surface area contributed by atoms with Gasteiger partial charge in [-0.05, 0) is 44.7 Å². The summed E-state index contributed by atoms with van der Waals surface area (Å²) in [7, 11) is 0. The minimum absolute atomic E-state index is 0.0906. The molecule has 0 unspecified atom stereocenters. The fraction of sp³-hybridized carbons (Fsp3) is 0.471. The molecular weight excluding hydrogens is 262 g/mol. The molecule has 1 aromatic heterocycles. The number of carbonyl (C=O) groups is 1. The van der Waals surface area contributed by atoms with Crippen LogP contribution in [0.5, 0.6) is 0 Å². The Morgan fingerprint density at radius 3 is 2.90 bits per heavy atom. The van der Waals surface area contributed by atoms with Gasteiger partial charge in [0.05, 0.1) is 0 Å². The Morgan fingerprint density at radius 2 is 2.19 bits per heavy atom. The number of amides is 1. The normalized spacial score (nSPS) is 22.4. The summed E-state index contributed by atoms with van der Waals surface area (Å²) in [5.74, 6) is 0.0906. The van der Waals surface area contributed by atoms with Crippen LogP contribution in [0.3, 0.4) is 0 Å². The predicted octanol–water partition coefficient (Wildman–Crippen LogP) is 2.90. The maximum Gasteiger partial charge on any atom is 0.270 e. The minimum Gasteiger partial charge on any atom is -0.351 e. The van der Waals surface area contributed by atoms with Crippen molar-refractivity contribution in [2.45, 2.75) is 44.7 Å². The summed E-state index contributed by atoms with van der Waals surface area (Å²) in [5.41, 5.74) is 7.76. The zero-order valence-corrected chi connectivity index (χ0v) is 12.5.